The van der Waals surface area contributed by atoms with Gasteiger partial charge < -0.3 is 10.2 Å². The van der Waals surface area contributed by atoms with Crippen LogP contribution in [0.1, 0.15) is 31.2 Å². The number of phenols is 1. The van der Waals surface area contributed by atoms with E-state index in [2.05, 4.69) is 0 Å². The van der Waals surface area contributed by atoms with E-state index in [1.165, 1.54) is 18.2 Å². The third-order valence-corrected chi connectivity index (χ3v) is 4.89. The minimum atomic E-state index is -3.59. The molecule has 0 bridgehead atoms. The van der Waals surface area contributed by atoms with Crippen LogP contribution in [0.3, 0.4) is 0 Å². The van der Waals surface area contributed by atoms with Gasteiger partial charge in [-0.25, -0.2) is 8.42 Å². The first-order chi connectivity index (χ1) is 8.79. The monoisotopic (exact) mass is 284 g/mol. The van der Waals surface area contributed by atoms with E-state index in [1.807, 2.05) is 0 Å². The Kier molecular flexibility index (Phi) is 3.30. The van der Waals surface area contributed by atoms with Gasteiger partial charge in [0.2, 0.25) is 0 Å². The maximum Gasteiger partial charge on any atom is 0.314 e. The topological polar surface area (TPSA) is 91.7 Å². The molecule has 1 saturated carbocycles. The van der Waals surface area contributed by atoms with Crippen LogP contribution in [-0.4, -0.2) is 30.9 Å². The molecule has 104 valence electrons. The molecule has 0 amide bonds. The molecule has 0 atom stereocenters. The summed E-state index contributed by atoms with van der Waals surface area (Å²) in [5, 5.41) is 19.5. The molecule has 0 saturated heterocycles. The highest BCUT2D eigenvalue weighted by Gasteiger charge is 2.47. The summed E-state index contributed by atoms with van der Waals surface area (Å²) in [5.74, 6) is -1.33. The molecule has 2 rings (SSSR count). The molecule has 0 unspecified atom stereocenters. The minimum Gasteiger partial charge on any atom is -0.508 e. The number of sulfone groups is 1. The number of aliphatic carboxylic acids is 1. The van der Waals surface area contributed by atoms with E-state index >= 15 is 0 Å². The summed E-state index contributed by atoms with van der Waals surface area (Å²) >= 11 is 0. The lowest BCUT2D eigenvalue weighted by molar-refractivity contribution is -0.143. The van der Waals surface area contributed by atoms with Crippen LogP contribution >= 0.6 is 0 Å². The van der Waals surface area contributed by atoms with E-state index in [1.54, 1.807) is 0 Å². The fourth-order valence-corrected chi connectivity index (χ4v) is 3.86. The molecule has 0 aromatic heterocycles. The van der Waals surface area contributed by atoms with Crippen molar-refractivity contribution < 1.29 is 23.4 Å². The van der Waals surface area contributed by atoms with Crippen LogP contribution in [0.4, 0.5) is 0 Å². The summed E-state index contributed by atoms with van der Waals surface area (Å²) < 4.78 is 23.6. The van der Waals surface area contributed by atoms with Crippen LogP contribution in [0, 0.1) is 0 Å². The Bertz CT molecular complexity index is 612. The third-order valence-electron chi connectivity index (χ3n) is 3.75. The zero-order valence-corrected chi connectivity index (χ0v) is 11.4. The Morgan fingerprint density at radius 2 is 1.84 bits per heavy atom. The molecule has 0 heterocycles. The van der Waals surface area contributed by atoms with Crippen LogP contribution in [-0.2, 0) is 20.0 Å². The summed E-state index contributed by atoms with van der Waals surface area (Å²) in [5.41, 5.74) is -1.24. The molecule has 0 spiro atoms. The zero-order valence-electron chi connectivity index (χ0n) is 10.6. The number of carbonyl (C=O) groups is 1. The van der Waals surface area contributed by atoms with Crippen molar-refractivity contribution in [1.29, 1.82) is 0 Å². The number of hydrogen-bond donors (Lipinski definition) is 2. The minimum absolute atomic E-state index is 0.0440. The Hall–Kier alpha value is -1.56. The predicted octanol–water partition coefficient (Wildman–Crippen LogP) is 1.69. The number of benzene rings is 1. The molecule has 2 N–H and O–H groups in total. The van der Waals surface area contributed by atoms with E-state index in [4.69, 9.17) is 0 Å². The third kappa shape index (κ3) is 2.20. The van der Waals surface area contributed by atoms with Gasteiger partial charge in [-0.05, 0) is 25.0 Å². The molecule has 6 heteroatoms. The Morgan fingerprint density at radius 1 is 1.26 bits per heavy atom. The van der Waals surface area contributed by atoms with Crippen LogP contribution in [0.2, 0.25) is 0 Å². The van der Waals surface area contributed by atoms with Crippen molar-refractivity contribution >= 4 is 15.8 Å². The van der Waals surface area contributed by atoms with Gasteiger partial charge in [0, 0.05) is 11.8 Å². The number of aromatic hydroxyl groups is 1. The van der Waals surface area contributed by atoms with Gasteiger partial charge in [-0.3, -0.25) is 4.79 Å². The summed E-state index contributed by atoms with van der Waals surface area (Å²) in [4.78, 5) is 11.6. The second-order valence-corrected chi connectivity index (χ2v) is 7.00. The number of carboxylic acid groups (broad SMARTS) is 1. The summed E-state index contributed by atoms with van der Waals surface area (Å²) in [7, 11) is -3.59. The Balaban J connectivity index is 2.77. The molecule has 19 heavy (non-hydrogen) atoms. The molecule has 1 aliphatic rings. The summed E-state index contributed by atoms with van der Waals surface area (Å²) in [6.45, 7) is 0. The molecule has 1 aromatic rings. The van der Waals surface area contributed by atoms with Crippen molar-refractivity contribution in [2.75, 3.05) is 6.26 Å². The van der Waals surface area contributed by atoms with E-state index < -0.39 is 21.2 Å². The molecule has 1 fully saturated rings. The highest BCUT2D eigenvalue weighted by molar-refractivity contribution is 7.90. The second kappa shape index (κ2) is 4.52. The van der Waals surface area contributed by atoms with Crippen molar-refractivity contribution in [3.8, 4) is 5.75 Å². The number of rotatable bonds is 3. The van der Waals surface area contributed by atoms with E-state index in [0.29, 0.717) is 25.7 Å². The fraction of sp³-hybridized carbons (Fsp3) is 0.462. The molecule has 5 nitrogen and oxygen atoms in total. The molecular formula is C13H16O5S. The fourth-order valence-electron chi connectivity index (χ4n) is 2.86. The average Bonchev–Trinajstić information content (AvgIpc) is 2.77. The largest absolute Gasteiger partial charge is 0.508 e. The molecule has 1 aromatic carbocycles. The normalized spacial score (nSPS) is 18.4. The molecule has 0 aliphatic heterocycles. The summed E-state index contributed by atoms with van der Waals surface area (Å²) in [6.07, 6.45) is 3.15. The number of hydrogen-bond acceptors (Lipinski definition) is 4. The standard InChI is InChI=1S/C13H16O5S/c1-19(17,18)10-6-4-5-9(14)11(10)13(12(15)16)7-2-3-8-13/h4-6,14H,2-3,7-8H2,1H3,(H,15,16). The van der Waals surface area contributed by atoms with Crippen molar-refractivity contribution in [2.24, 2.45) is 0 Å². The smallest absolute Gasteiger partial charge is 0.314 e. The first-order valence-electron chi connectivity index (χ1n) is 6.05. The zero-order chi connectivity index (χ0) is 14.3. The highest BCUT2D eigenvalue weighted by Crippen LogP contribution is 2.47. The lowest BCUT2D eigenvalue weighted by Gasteiger charge is -2.27. The van der Waals surface area contributed by atoms with Gasteiger partial charge in [-0.15, -0.1) is 0 Å². The van der Waals surface area contributed by atoms with Gasteiger partial charge in [0.05, 0.1) is 10.3 Å². The van der Waals surface area contributed by atoms with Gasteiger partial charge in [0.25, 0.3) is 0 Å². The average molecular weight is 284 g/mol. The van der Waals surface area contributed by atoms with Crippen molar-refractivity contribution in [2.45, 2.75) is 36.0 Å². The number of carboxylic acids is 1. The lowest BCUT2D eigenvalue weighted by Crippen LogP contribution is -2.34. The van der Waals surface area contributed by atoms with Crippen molar-refractivity contribution in [1.82, 2.24) is 0 Å². The van der Waals surface area contributed by atoms with Crippen LogP contribution < -0.4 is 0 Å². The summed E-state index contributed by atoms with van der Waals surface area (Å²) in [6, 6.07) is 4.11. The number of phenolic OH excluding ortho intramolecular Hbond substituents is 1. The maximum atomic E-state index is 11.8. The quantitative estimate of drug-likeness (QED) is 0.881. The van der Waals surface area contributed by atoms with Crippen LogP contribution in [0.15, 0.2) is 23.1 Å². The molecular weight excluding hydrogens is 268 g/mol. The SMILES string of the molecule is CS(=O)(=O)c1cccc(O)c1C1(C(=O)O)CCCC1. The van der Waals surface area contributed by atoms with Crippen LogP contribution in [0.5, 0.6) is 5.75 Å². The van der Waals surface area contributed by atoms with Gasteiger partial charge in [-0.1, -0.05) is 18.9 Å². The first kappa shape index (κ1) is 13.9. The van der Waals surface area contributed by atoms with E-state index in [9.17, 15) is 23.4 Å². The van der Waals surface area contributed by atoms with Crippen molar-refractivity contribution in [3.63, 3.8) is 0 Å². The van der Waals surface area contributed by atoms with Gasteiger partial charge in [0.15, 0.2) is 9.84 Å². The van der Waals surface area contributed by atoms with Gasteiger partial charge >= 0.3 is 5.97 Å². The van der Waals surface area contributed by atoms with Crippen LogP contribution in [0.25, 0.3) is 0 Å². The van der Waals surface area contributed by atoms with E-state index in [0.717, 1.165) is 6.26 Å². The molecule has 1 aliphatic carbocycles. The van der Waals surface area contributed by atoms with Gasteiger partial charge in [0.1, 0.15) is 5.75 Å². The molecule has 0 radical (unpaired) electrons. The van der Waals surface area contributed by atoms with E-state index in [-0.39, 0.29) is 16.2 Å². The maximum absolute atomic E-state index is 11.8. The Morgan fingerprint density at radius 3 is 2.32 bits per heavy atom. The highest BCUT2D eigenvalue weighted by atomic mass is 32.2. The van der Waals surface area contributed by atoms with Crippen molar-refractivity contribution in [3.05, 3.63) is 23.8 Å². The lowest BCUT2D eigenvalue weighted by atomic mass is 9.78. The predicted molar refractivity (Wildman–Crippen MR) is 69.0 cm³/mol. The first-order valence-corrected chi connectivity index (χ1v) is 7.94. The Labute approximate surface area is 111 Å². The van der Waals surface area contributed by atoms with Gasteiger partial charge in [-0.2, -0.15) is 0 Å². The second-order valence-electron chi connectivity index (χ2n) is 5.02.